The van der Waals surface area contributed by atoms with Crippen LogP contribution in [0.15, 0.2) is 18.2 Å². The summed E-state index contributed by atoms with van der Waals surface area (Å²) in [6, 6.07) is 5.67. The molecule has 1 fully saturated rings. The van der Waals surface area contributed by atoms with Crippen molar-refractivity contribution in [2.45, 2.75) is 32.2 Å². The number of hydrogen-bond acceptors (Lipinski definition) is 2. The summed E-state index contributed by atoms with van der Waals surface area (Å²) in [6.45, 7) is 3.12. The molecular formula is C15H19NO2. The minimum atomic E-state index is -0.792. The molecule has 2 aliphatic rings. The third-order valence-corrected chi connectivity index (χ3v) is 4.32. The van der Waals surface area contributed by atoms with E-state index in [2.05, 4.69) is 11.0 Å². The molecule has 1 N–H and O–H groups in total. The Morgan fingerprint density at radius 3 is 2.89 bits per heavy atom. The van der Waals surface area contributed by atoms with Gasteiger partial charge in [-0.25, -0.2) is 4.79 Å². The standard InChI is InChI=1S/C15H19NO2/c17-15(18)14-6-2-5-12-10-16(8-7-13(12)14)9-11-3-1-4-11/h2,5-6,11H,1,3-4,7-10H2,(H,17,18). The molecular weight excluding hydrogens is 226 g/mol. The molecule has 1 aliphatic carbocycles. The van der Waals surface area contributed by atoms with Gasteiger partial charge in [-0.2, -0.15) is 0 Å². The van der Waals surface area contributed by atoms with Crippen LogP contribution in [0.3, 0.4) is 0 Å². The second-order valence-electron chi connectivity index (χ2n) is 5.53. The van der Waals surface area contributed by atoms with Gasteiger partial charge in [-0.1, -0.05) is 18.6 Å². The summed E-state index contributed by atoms with van der Waals surface area (Å²) >= 11 is 0. The number of benzene rings is 1. The number of fused-ring (bicyclic) bond motifs is 1. The first-order valence-corrected chi connectivity index (χ1v) is 6.80. The van der Waals surface area contributed by atoms with Crippen LogP contribution in [0.25, 0.3) is 0 Å². The fourth-order valence-electron chi connectivity index (χ4n) is 3.06. The summed E-state index contributed by atoms with van der Waals surface area (Å²) in [6.07, 6.45) is 5.01. The largest absolute Gasteiger partial charge is 0.478 e. The van der Waals surface area contributed by atoms with Gasteiger partial charge in [0.1, 0.15) is 0 Å². The Hall–Kier alpha value is -1.35. The minimum Gasteiger partial charge on any atom is -0.478 e. The molecule has 18 heavy (non-hydrogen) atoms. The third-order valence-electron chi connectivity index (χ3n) is 4.32. The van der Waals surface area contributed by atoms with Crippen LogP contribution < -0.4 is 0 Å². The molecule has 1 saturated carbocycles. The first-order chi connectivity index (χ1) is 8.74. The SMILES string of the molecule is O=C(O)c1cccc2c1CCN(CC1CCC1)C2. The van der Waals surface area contributed by atoms with Crippen molar-refractivity contribution in [3.8, 4) is 0 Å². The van der Waals surface area contributed by atoms with Crippen molar-refractivity contribution in [1.29, 1.82) is 0 Å². The number of rotatable bonds is 3. The van der Waals surface area contributed by atoms with Gasteiger partial charge in [-0.15, -0.1) is 0 Å². The van der Waals surface area contributed by atoms with Crippen LogP contribution in [0.5, 0.6) is 0 Å². The predicted octanol–water partition coefficient (Wildman–Crippen LogP) is 2.54. The molecule has 0 atom stereocenters. The van der Waals surface area contributed by atoms with Crippen LogP contribution in [0, 0.1) is 5.92 Å². The molecule has 0 bridgehead atoms. The van der Waals surface area contributed by atoms with Gasteiger partial charge in [0.2, 0.25) is 0 Å². The second kappa shape index (κ2) is 4.73. The van der Waals surface area contributed by atoms with Gasteiger partial charge in [0.25, 0.3) is 0 Å². The summed E-state index contributed by atoms with van der Waals surface area (Å²) in [5.74, 6) is 0.0912. The zero-order valence-electron chi connectivity index (χ0n) is 10.6. The minimum absolute atomic E-state index is 0.496. The highest BCUT2D eigenvalue weighted by Gasteiger charge is 2.25. The van der Waals surface area contributed by atoms with E-state index in [1.807, 2.05) is 6.07 Å². The molecule has 1 aromatic carbocycles. The Morgan fingerprint density at radius 1 is 1.39 bits per heavy atom. The Morgan fingerprint density at radius 2 is 2.22 bits per heavy atom. The fraction of sp³-hybridized carbons (Fsp3) is 0.533. The van der Waals surface area contributed by atoms with Crippen molar-refractivity contribution < 1.29 is 9.90 Å². The van der Waals surface area contributed by atoms with Crippen LogP contribution >= 0.6 is 0 Å². The highest BCUT2D eigenvalue weighted by atomic mass is 16.4. The monoisotopic (exact) mass is 245 g/mol. The lowest BCUT2D eigenvalue weighted by Crippen LogP contribution is -2.37. The van der Waals surface area contributed by atoms with E-state index in [0.29, 0.717) is 5.56 Å². The molecule has 3 nitrogen and oxygen atoms in total. The molecule has 0 radical (unpaired) electrons. The van der Waals surface area contributed by atoms with Gasteiger partial charge in [-0.3, -0.25) is 4.90 Å². The topological polar surface area (TPSA) is 40.5 Å². The van der Waals surface area contributed by atoms with E-state index < -0.39 is 5.97 Å². The molecule has 0 amide bonds. The van der Waals surface area contributed by atoms with Crippen molar-refractivity contribution in [2.24, 2.45) is 5.92 Å². The number of carboxylic acid groups (broad SMARTS) is 1. The molecule has 96 valence electrons. The lowest BCUT2D eigenvalue weighted by molar-refractivity contribution is 0.0694. The van der Waals surface area contributed by atoms with Crippen LogP contribution in [-0.4, -0.2) is 29.1 Å². The van der Waals surface area contributed by atoms with E-state index in [0.717, 1.165) is 31.0 Å². The highest BCUT2D eigenvalue weighted by Crippen LogP contribution is 2.29. The van der Waals surface area contributed by atoms with Crippen molar-refractivity contribution in [1.82, 2.24) is 4.90 Å². The van der Waals surface area contributed by atoms with Gasteiger partial charge in [0, 0.05) is 19.6 Å². The maximum Gasteiger partial charge on any atom is 0.335 e. The van der Waals surface area contributed by atoms with Gasteiger partial charge in [-0.05, 0) is 42.4 Å². The molecule has 1 aliphatic heterocycles. The van der Waals surface area contributed by atoms with E-state index >= 15 is 0 Å². The van der Waals surface area contributed by atoms with E-state index in [4.69, 9.17) is 0 Å². The lowest BCUT2D eigenvalue weighted by atomic mass is 9.84. The molecule has 1 heterocycles. The second-order valence-corrected chi connectivity index (χ2v) is 5.53. The van der Waals surface area contributed by atoms with Gasteiger partial charge < -0.3 is 5.11 Å². The lowest BCUT2D eigenvalue weighted by Gasteiger charge is -2.35. The maximum absolute atomic E-state index is 11.2. The zero-order chi connectivity index (χ0) is 12.5. The number of hydrogen-bond donors (Lipinski definition) is 1. The molecule has 3 heteroatoms. The zero-order valence-corrected chi connectivity index (χ0v) is 10.6. The predicted molar refractivity (Wildman–Crippen MR) is 69.7 cm³/mol. The average Bonchev–Trinajstić information content (AvgIpc) is 2.32. The summed E-state index contributed by atoms with van der Waals surface area (Å²) < 4.78 is 0. The molecule has 1 aromatic rings. The van der Waals surface area contributed by atoms with Crippen molar-refractivity contribution in [3.63, 3.8) is 0 Å². The Kier molecular flexibility index (Phi) is 3.08. The smallest absolute Gasteiger partial charge is 0.335 e. The van der Waals surface area contributed by atoms with Gasteiger partial charge in [0.15, 0.2) is 0 Å². The Bertz CT molecular complexity index is 466. The summed E-state index contributed by atoms with van der Waals surface area (Å²) in [7, 11) is 0. The van der Waals surface area contributed by atoms with Crippen LogP contribution in [-0.2, 0) is 13.0 Å². The fourth-order valence-corrected chi connectivity index (χ4v) is 3.06. The van der Waals surface area contributed by atoms with E-state index in [9.17, 15) is 9.90 Å². The molecule has 0 saturated heterocycles. The van der Waals surface area contributed by atoms with Crippen LogP contribution in [0.4, 0.5) is 0 Å². The molecule has 0 aromatic heterocycles. The average molecular weight is 245 g/mol. The van der Waals surface area contributed by atoms with Crippen LogP contribution in [0.1, 0.15) is 40.7 Å². The summed E-state index contributed by atoms with van der Waals surface area (Å²) in [5.41, 5.74) is 2.76. The van der Waals surface area contributed by atoms with Crippen molar-refractivity contribution in [3.05, 3.63) is 34.9 Å². The quantitative estimate of drug-likeness (QED) is 0.889. The highest BCUT2D eigenvalue weighted by molar-refractivity contribution is 5.89. The third kappa shape index (κ3) is 2.15. The van der Waals surface area contributed by atoms with E-state index in [-0.39, 0.29) is 0 Å². The number of carbonyl (C=O) groups is 1. The first kappa shape index (κ1) is 11.7. The maximum atomic E-state index is 11.2. The summed E-state index contributed by atoms with van der Waals surface area (Å²) in [5, 5.41) is 9.19. The van der Waals surface area contributed by atoms with Crippen molar-refractivity contribution >= 4 is 5.97 Å². The molecule has 3 rings (SSSR count). The normalized spacial score (nSPS) is 20.2. The van der Waals surface area contributed by atoms with E-state index in [1.165, 1.54) is 31.4 Å². The summed E-state index contributed by atoms with van der Waals surface area (Å²) in [4.78, 5) is 13.7. The van der Waals surface area contributed by atoms with Crippen LogP contribution in [0.2, 0.25) is 0 Å². The van der Waals surface area contributed by atoms with Gasteiger partial charge >= 0.3 is 5.97 Å². The first-order valence-electron chi connectivity index (χ1n) is 6.80. The molecule has 0 spiro atoms. The van der Waals surface area contributed by atoms with Crippen molar-refractivity contribution in [2.75, 3.05) is 13.1 Å². The number of nitrogens with zero attached hydrogens (tertiary/aromatic N) is 1. The number of aromatic carboxylic acids is 1. The van der Waals surface area contributed by atoms with E-state index in [1.54, 1.807) is 6.07 Å². The van der Waals surface area contributed by atoms with Gasteiger partial charge in [0.05, 0.1) is 5.56 Å². The molecule has 0 unspecified atom stereocenters. The Balaban J connectivity index is 1.76. The Labute approximate surface area is 107 Å². The number of carboxylic acids is 1.